The Labute approximate surface area is 146 Å². The van der Waals surface area contributed by atoms with Crippen LogP contribution in [0.3, 0.4) is 0 Å². The Kier molecular flexibility index (Phi) is 4.56. The molecule has 1 aliphatic rings. The first-order valence-electron chi connectivity index (χ1n) is 8.19. The van der Waals surface area contributed by atoms with Gasteiger partial charge in [0.05, 0.1) is 12.1 Å². The molecule has 0 saturated carbocycles. The molecule has 3 rings (SSSR count). The normalized spacial score (nSPS) is 20.1. The molecular weight excluding hydrogens is 322 g/mol. The summed E-state index contributed by atoms with van der Waals surface area (Å²) in [5, 5.41) is 17.4. The number of anilines is 2. The maximum Gasteiger partial charge on any atom is 0.303 e. The summed E-state index contributed by atoms with van der Waals surface area (Å²) < 4.78 is 1.64. The van der Waals surface area contributed by atoms with Crippen LogP contribution in [0.25, 0.3) is 0 Å². The van der Waals surface area contributed by atoms with E-state index < -0.39 is 5.97 Å². The summed E-state index contributed by atoms with van der Waals surface area (Å²) >= 11 is 0. The predicted octanol–water partition coefficient (Wildman–Crippen LogP) is 0.674. The third-order valence-corrected chi connectivity index (χ3v) is 4.52. The predicted molar refractivity (Wildman–Crippen MR) is 92.8 cm³/mol. The summed E-state index contributed by atoms with van der Waals surface area (Å²) in [5.41, 5.74) is 1.82. The topological polar surface area (TPSA) is 100 Å². The van der Waals surface area contributed by atoms with Gasteiger partial charge >= 0.3 is 5.97 Å². The summed E-state index contributed by atoms with van der Waals surface area (Å²) in [7, 11) is 5.69. The van der Waals surface area contributed by atoms with Gasteiger partial charge < -0.3 is 14.9 Å². The van der Waals surface area contributed by atoms with E-state index in [1.807, 2.05) is 44.1 Å². The fraction of sp³-hybridized carbons (Fsp3) is 0.562. The molecule has 0 aliphatic carbocycles. The number of carboxylic acid groups (broad SMARTS) is 1. The van der Waals surface area contributed by atoms with Crippen LogP contribution in [-0.2, 0) is 11.8 Å². The molecule has 3 heterocycles. The lowest BCUT2D eigenvalue weighted by atomic mass is 9.91. The standard InChI is InChI=1S/C16H23N7O2/c1-10-6-17-16(18-15(10)21(2)3)23-7-11(5-14(24)25)12(8-23)13-9-22(4)20-19-13/h6,9,11-12H,5,7-8H2,1-4H3,(H,24,25)/t11-,12+/m1/s1. The number of rotatable bonds is 5. The van der Waals surface area contributed by atoms with Crippen LogP contribution in [0.4, 0.5) is 11.8 Å². The van der Waals surface area contributed by atoms with Crippen LogP contribution in [-0.4, -0.2) is 63.2 Å². The molecule has 2 aromatic heterocycles. The highest BCUT2D eigenvalue weighted by Crippen LogP contribution is 2.35. The lowest BCUT2D eigenvalue weighted by molar-refractivity contribution is -0.138. The van der Waals surface area contributed by atoms with E-state index in [1.54, 1.807) is 10.9 Å². The zero-order valence-corrected chi connectivity index (χ0v) is 14.9. The van der Waals surface area contributed by atoms with Gasteiger partial charge in [-0.1, -0.05) is 5.21 Å². The molecular formula is C16H23N7O2. The second-order valence-corrected chi connectivity index (χ2v) is 6.76. The first-order chi connectivity index (χ1) is 11.8. The Balaban J connectivity index is 1.88. The zero-order valence-electron chi connectivity index (χ0n) is 14.9. The Hall–Kier alpha value is -2.71. The fourth-order valence-corrected chi connectivity index (χ4v) is 3.37. The zero-order chi connectivity index (χ0) is 18.1. The maximum atomic E-state index is 11.3. The molecule has 1 aliphatic heterocycles. The lowest BCUT2D eigenvalue weighted by Gasteiger charge is -2.20. The summed E-state index contributed by atoms with van der Waals surface area (Å²) in [5.74, 6) is 0.623. The summed E-state index contributed by atoms with van der Waals surface area (Å²) in [6, 6.07) is 0. The first kappa shape index (κ1) is 17.1. The molecule has 0 unspecified atom stereocenters. The monoisotopic (exact) mass is 345 g/mol. The molecule has 1 saturated heterocycles. The van der Waals surface area contributed by atoms with Crippen LogP contribution in [0, 0.1) is 12.8 Å². The molecule has 2 aromatic rings. The van der Waals surface area contributed by atoms with E-state index in [4.69, 9.17) is 0 Å². The van der Waals surface area contributed by atoms with Crippen LogP contribution >= 0.6 is 0 Å². The maximum absolute atomic E-state index is 11.3. The second kappa shape index (κ2) is 6.66. The van der Waals surface area contributed by atoms with Gasteiger partial charge in [0, 0.05) is 58.1 Å². The summed E-state index contributed by atoms with van der Waals surface area (Å²) in [4.78, 5) is 24.4. The van der Waals surface area contributed by atoms with E-state index in [0.717, 1.165) is 17.1 Å². The third kappa shape index (κ3) is 3.54. The minimum absolute atomic E-state index is 0.00231. The quantitative estimate of drug-likeness (QED) is 0.844. The Morgan fingerprint density at radius 1 is 1.40 bits per heavy atom. The first-order valence-corrected chi connectivity index (χ1v) is 8.19. The Bertz CT molecular complexity index is 774. The highest BCUT2D eigenvalue weighted by Gasteiger charge is 2.38. The van der Waals surface area contributed by atoms with Crippen molar-refractivity contribution in [2.24, 2.45) is 13.0 Å². The number of aliphatic carboxylic acids is 1. The summed E-state index contributed by atoms with van der Waals surface area (Å²) in [6.45, 7) is 3.19. The van der Waals surface area contributed by atoms with Gasteiger partial charge in [-0.2, -0.15) is 4.98 Å². The number of carboxylic acids is 1. The van der Waals surface area contributed by atoms with Crippen LogP contribution < -0.4 is 9.80 Å². The molecule has 9 heteroatoms. The van der Waals surface area contributed by atoms with Gasteiger partial charge in [-0.05, 0) is 12.8 Å². The highest BCUT2D eigenvalue weighted by atomic mass is 16.4. The molecule has 9 nitrogen and oxygen atoms in total. The number of hydrogen-bond acceptors (Lipinski definition) is 7. The Morgan fingerprint density at radius 2 is 2.16 bits per heavy atom. The number of carbonyl (C=O) groups is 1. The van der Waals surface area contributed by atoms with E-state index >= 15 is 0 Å². The molecule has 1 fully saturated rings. The number of hydrogen-bond donors (Lipinski definition) is 1. The molecule has 0 amide bonds. The summed E-state index contributed by atoms with van der Waals surface area (Å²) in [6.07, 6.45) is 3.74. The van der Waals surface area contributed by atoms with Crippen LogP contribution in [0.2, 0.25) is 0 Å². The van der Waals surface area contributed by atoms with Crippen molar-refractivity contribution in [3.8, 4) is 0 Å². The van der Waals surface area contributed by atoms with Gasteiger partial charge in [0.1, 0.15) is 5.82 Å². The van der Waals surface area contributed by atoms with Gasteiger partial charge in [-0.25, -0.2) is 4.98 Å². The van der Waals surface area contributed by atoms with Crippen molar-refractivity contribution in [2.75, 3.05) is 37.0 Å². The SMILES string of the molecule is Cc1cnc(N2C[C@@H](CC(=O)O)[C@@H](c3cn(C)nn3)C2)nc1N(C)C. The van der Waals surface area contributed by atoms with Crippen molar-refractivity contribution in [3.63, 3.8) is 0 Å². The van der Waals surface area contributed by atoms with E-state index in [2.05, 4.69) is 20.3 Å². The van der Waals surface area contributed by atoms with Gasteiger partial charge in [0.25, 0.3) is 0 Å². The molecule has 1 N–H and O–H groups in total. The van der Waals surface area contributed by atoms with E-state index in [-0.39, 0.29) is 18.3 Å². The van der Waals surface area contributed by atoms with E-state index in [0.29, 0.717) is 19.0 Å². The minimum atomic E-state index is -0.806. The highest BCUT2D eigenvalue weighted by molar-refractivity contribution is 5.67. The van der Waals surface area contributed by atoms with Crippen molar-refractivity contribution in [3.05, 3.63) is 23.7 Å². The average molecular weight is 345 g/mol. The third-order valence-electron chi connectivity index (χ3n) is 4.52. The van der Waals surface area contributed by atoms with Gasteiger partial charge in [0.2, 0.25) is 5.95 Å². The fourth-order valence-electron chi connectivity index (χ4n) is 3.37. The van der Waals surface area contributed by atoms with Gasteiger partial charge in [-0.15, -0.1) is 5.10 Å². The average Bonchev–Trinajstić information content (AvgIpc) is 3.13. The molecule has 134 valence electrons. The van der Waals surface area contributed by atoms with Crippen molar-refractivity contribution in [2.45, 2.75) is 19.3 Å². The molecule has 0 radical (unpaired) electrons. The van der Waals surface area contributed by atoms with Crippen molar-refractivity contribution in [1.29, 1.82) is 0 Å². The Morgan fingerprint density at radius 3 is 2.76 bits per heavy atom. The van der Waals surface area contributed by atoms with Crippen molar-refractivity contribution in [1.82, 2.24) is 25.0 Å². The van der Waals surface area contributed by atoms with Gasteiger partial charge in [0.15, 0.2) is 0 Å². The van der Waals surface area contributed by atoms with Crippen molar-refractivity contribution < 1.29 is 9.90 Å². The van der Waals surface area contributed by atoms with Crippen LogP contribution in [0.15, 0.2) is 12.4 Å². The molecule has 0 spiro atoms. The van der Waals surface area contributed by atoms with Gasteiger partial charge in [-0.3, -0.25) is 9.48 Å². The molecule has 2 atom stereocenters. The molecule has 25 heavy (non-hydrogen) atoms. The smallest absolute Gasteiger partial charge is 0.303 e. The number of aromatic nitrogens is 5. The second-order valence-electron chi connectivity index (χ2n) is 6.76. The minimum Gasteiger partial charge on any atom is -0.481 e. The van der Waals surface area contributed by atoms with Crippen LogP contribution in [0.1, 0.15) is 23.6 Å². The number of aryl methyl sites for hydroxylation is 2. The molecule has 0 bridgehead atoms. The van der Waals surface area contributed by atoms with E-state index in [9.17, 15) is 9.90 Å². The molecule has 0 aromatic carbocycles. The largest absolute Gasteiger partial charge is 0.481 e. The van der Waals surface area contributed by atoms with E-state index in [1.165, 1.54) is 0 Å². The number of nitrogens with zero attached hydrogens (tertiary/aromatic N) is 7. The van der Waals surface area contributed by atoms with Crippen LogP contribution in [0.5, 0.6) is 0 Å². The lowest BCUT2D eigenvalue weighted by Crippen LogP contribution is -2.24. The van der Waals surface area contributed by atoms with Crippen molar-refractivity contribution >= 4 is 17.7 Å².